The van der Waals surface area contributed by atoms with Crippen molar-refractivity contribution in [1.29, 1.82) is 0 Å². The van der Waals surface area contributed by atoms with Crippen LogP contribution in [0.4, 0.5) is 0 Å². The quantitative estimate of drug-likeness (QED) is 0.804. The van der Waals surface area contributed by atoms with Crippen LogP contribution in [-0.2, 0) is 4.74 Å². The number of hydrogen-bond donors (Lipinski definition) is 1. The van der Waals surface area contributed by atoms with Crippen molar-refractivity contribution in [3.8, 4) is 0 Å². The Bertz CT molecular complexity index is 230. The molecule has 3 heteroatoms. The molecule has 0 bridgehead atoms. The third-order valence-corrected chi connectivity index (χ3v) is 4.21. The van der Waals surface area contributed by atoms with E-state index in [2.05, 4.69) is 32.6 Å². The number of likely N-dealkylation sites (tertiary alicyclic amines) is 1. The Hall–Kier alpha value is -0.120. The highest BCUT2D eigenvalue weighted by Crippen LogP contribution is 2.28. The first-order valence-corrected chi connectivity index (χ1v) is 6.94. The zero-order valence-corrected chi connectivity index (χ0v) is 12.2. The van der Waals surface area contributed by atoms with Gasteiger partial charge in [-0.1, -0.05) is 6.42 Å². The fraction of sp³-hybridized carbons (Fsp3) is 1.00. The molecule has 0 aromatic carbocycles. The molecule has 1 aliphatic rings. The molecule has 0 aromatic rings. The molecular weight excluding hydrogens is 212 g/mol. The van der Waals surface area contributed by atoms with E-state index in [0.29, 0.717) is 18.1 Å². The second-order valence-corrected chi connectivity index (χ2v) is 6.13. The van der Waals surface area contributed by atoms with Gasteiger partial charge in [0.2, 0.25) is 0 Å². The first-order valence-electron chi connectivity index (χ1n) is 6.94. The molecule has 17 heavy (non-hydrogen) atoms. The van der Waals surface area contributed by atoms with Crippen molar-refractivity contribution < 1.29 is 4.74 Å². The number of piperidine rings is 1. The van der Waals surface area contributed by atoms with Crippen LogP contribution in [0.15, 0.2) is 0 Å². The highest BCUT2D eigenvalue weighted by atomic mass is 16.5. The Morgan fingerprint density at radius 1 is 1.41 bits per heavy atom. The predicted octanol–water partition coefficient (Wildman–Crippen LogP) is 2.39. The lowest BCUT2D eigenvalue weighted by molar-refractivity contribution is -0.0278. The minimum absolute atomic E-state index is 0.0459. The third-order valence-electron chi connectivity index (χ3n) is 4.21. The fourth-order valence-electron chi connectivity index (χ4n) is 3.24. The molecule has 3 nitrogen and oxygen atoms in total. The largest absolute Gasteiger partial charge is 0.379 e. The number of hydrogen-bond acceptors (Lipinski definition) is 3. The lowest BCUT2D eigenvalue weighted by Gasteiger charge is -2.45. The van der Waals surface area contributed by atoms with Crippen LogP contribution in [0.5, 0.6) is 0 Å². The summed E-state index contributed by atoms with van der Waals surface area (Å²) in [6.07, 6.45) is 4.93. The lowest BCUT2D eigenvalue weighted by Crippen LogP contribution is -2.54. The molecule has 1 aliphatic heterocycles. The monoisotopic (exact) mass is 242 g/mol. The molecule has 0 aromatic heterocycles. The lowest BCUT2D eigenvalue weighted by atomic mass is 9.90. The Morgan fingerprint density at radius 3 is 2.59 bits per heavy atom. The van der Waals surface area contributed by atoms with Crippen LogP contribution >= 0.6 is 0 Å². The highest BCUT2D eigenvalue weighted by molar-refractivity contribution is 4.88. The molecule has 102 valence electrons. The van der Waals surface area contributed by atoms with Gasteiger partial charge in [0.05, 0.1) is 5.60 Å². The molecule has 2 N–H and O–H groups in total. The van der Waals surface area contributed by atoms with Gasteiger partial charge < -0.3 is 10.5 Å². The Labute approximate surface area is 107 Å². The molecule has 1 heterocycles. The average Bonchev–Trinajstić information content (AvgIpc) is 2.27. The molecule has 0 spiro atoms. The smallest absolute Gasteiger partial charge is 0.0637 e. The van der Waals surface area contributed by atoms with Crippen molar-refractivity contribution in [2.24, 2.45) is 5.73 Å². The summed E-state index contributed by atoms with van der Waals surface area (Å²) in [6.45, 7) is 9.75. The van der Waals surface area contributed by atoms with Crippen molar-refractivity contribution in [3.63, 3.8) is 0 Å². The third kappa shape index (κ3) is 3.94. The van der Waals surface area contributed by atoms with Gasteiger partial charge in [-0.25, -0.2) is 0 Å². The number of ether oxygens (including phenoxy) is 1. The van der Waals surface area contributed by atoms with Crippen LogP contribution in [0.1, 0.15) is 53.4 Å². The van der Waals surface area contributed by atoms with E-state index in [9.17, 15) is 0 Å². The second-order valence-electron chi connectivity index (χ2n) is 6.13. The Balaban J connectivity index is 2.66. The standard InChI is InChI=1S/C14H30N2O/c1-11-7-6-8-13(10-15)16(11)12(2)9-14(3,4)17-5/h11-13H,6-10,15H2,1-5H3. The molecule has 3 unspecified atom stereocenters. The number of rotatable bonds is 5. The van der Waals surface area contributed by atoms with Crippen LogP contribution in [0.2, 0.25) is 0 Å². The minimum atomic E-state index is -0.0459. The summed E-state index contributed by atoms with van der Waals surface area (Å²) in [6, 6.07) is 1.75. The van der Waals surface area contributed by atoms with E-state index in [1.807, 2.05) is 0 Å². The van der Waals surface area contributed by atoms with Gasteiger partial charge in [0, 0.05) is 31.8 Å². The van der Waals surface area contributed by atoms with Crippen LogP contribution < -0.4 is 5.73 Å². The summed E-state index contributed by atoms with van der Waals surface area (Å²) in [5.74, 6) is 0. The minimum Gasteiger partial charge on any atom is -0.379 e. The highest BCUT2D eigenvalue weighted by Gasteiger charge is 2.33. The van der Waals surface area contributed by atoms with Gasteiger partial charge in [-0.15, -0.1) is 0 Å². The van der Waals surface area contributed by atoms with Crippen molar-refractivity contribution >= 4 is 0 Å². The van der Waals surface area contributed by atoms with Gasteiger partial charge in [-0.05, 0) is 47.0 Å². The molecule has 0 saturated carbocycles. The van der Waals surface area contributed by atoms with Crippen molar-refractivity contribution in [2.45, 2.75) is 77.1 Å². The SMILES string of the molecule is COC(C)(C)CC(C)N1C(C)CCCC1CN. The predicted molar refractivity (Wildman–Crippen MR) is 73.2 cm³/mol. The van der Waals surface area contributed by atoms with E-state index in [1.54, 1.807) is 7.11 Å². The maximum Gasteiger partial charge on any atom is 0.0637 e. The topological polar surface area (TPSA) is 38.5 Å². The molecule has 0 aliphatic carbocycles. The number of nitrogens with zero attached hydrogens (tertiary/aromatic N) is 1. The van der Waals surface area contributed by atoms with E-state index < -0.39 is 0 Å². The van der Waals surface area contributed by atoms with Crippen molar-refractivity contribution in [2.75, 3.05) is 13.7 Å². The van der Waals surface area contributed by atoms with Crippen molar-refractivity contribution in [1.82, 2.24) is 4.90 Å². The van der Waals surface area contributed by atoms with E-state index in [0.717, 1.165) is 13.0 Å². The zero-order chi connectivity index (χ0) is 13.1. The van der Waals surface area contributed by atoms with Gasteiger partial charge in [-0.2, -0.15) is 0 Å². The van der Waals surface area contributed by atoms with Gasteiger partial charge in [0.1, 0.15) is 0 Å². The normalized spacial score (nSPS) is 29.3. The van der Waals surface area contributed by atoms with E-state index in [-0.39, 0.29) is 5.60 Å². The van der Waals surface area contributed by atoms with Crippen LogP contribution in [0.3, 0.4) is 0 Å². The van der Waals surface area contributed by atoms with E-state index >= 15 is 0 Å². The summed E-state index contributed by atoms with van der Waals surface area (Å²) in [7, 11) is 1.80. The molecule has 3 atom stereocenters. The average molecular weight is 242 g/mol. The first kappa shape index (κ1) is 14.9. The number of nitrogens with two attached hydrogens (primary N) is 1. The maximum atomic E-state index is 5.92. The van der Waals surface area contributed by atoms with Gasteiger partial charge in [-0.3, -0.25) is 4.90 Å². The summed E-state index contributed by atoms with van der Waals surface area (Å²) in [5, 5.41) is 0. The fourth-order valence-corrected chi connectivity index (χ4v) is 3.24. The van der Waals surface area contributed by atoms with E-state index in [4.69, 9.17) is 10.5 Å². The van der Waals surface area contributed by atoms with E-state index in [1.165, 1.54) is 19.3 Å². The second kappa shape index (κ2) is 6.17. The summed E-state index contributed by atoms with van der Waals surface area (Å²) in [5.41, 5.74) is 5.87. The van der Waals surface area contributed by atoms with Crippen LogP contribution in [0.25, 0.3) is 0 Å². The number of methoxy groups -OCH3 is 1. The molecule has 0 amide bonds. The zero-order valence-electron chi connectivity index (χ0n) is 12.2. The van der Waals surface area contributed by atoms with Gasteiger partial charge in [0.25, 0.3) is 0 Å². The molecule has 0 radical (unpaired) electrons. The molecule has 1 fully saturated rings. The first-order chi connectivity index (χ1) is 7.91. The Kier molecular flexibility index (Phi) is 5.42. The van der Waals surface area contributed by atoms with Crippen molar-refractivity contribution in [3.05, 3.63) is 0 Å². The summed E-state index contributed by atoms with van der Waals surface area (Å²) >= 11 is 0. The molecule has 1 saturated heterocycles. The van der Waals surface area contributed by atoms with Gasteiger partial charge >= 0.3 is 0 Å². The molecule has 1 rings (SSSR count). The maximum absolute atomic E-state index is 5.92. The van der Waals surface area contributed by atoms with Gasteiger partial charge in [0.15, 0.2) is 0 Å². The molecular formula is C14H30N2O. The summed E-state index contributed by atoms with van der Waals surface area (Å²) in [4.78, 5) is 2.62. The van der Waals surface area contributed by atoms with Crippen LogP contribution in [-0.4, -0.2) is 42.3 Å². The summed E-state index contributed by atoms with van der Waals surface area (Å²) < 4.78 is 5.55. The van der Waals surface area contributed by atoms with Crippen LogP contribution in [0, 0.1) is 0 Å². The Morgan fingerprint density at radius 2 is 2.06 bits per heavy atom.